The molecule has 0 aliphatic rings. The summed E-state index contributed by atoms with van der Waals surface area (Å²) in [5.41, 5.74) is -0.520. The van der Waals surface area contributed by atoms with Crippen LogP contribution in [0.1, 0.15) is 26.5 Å². The fourth-order valence-electron chi connectivity index (χ4n) is 1.05. The molecule has 1 aromatic heterocycles. The van der Waals surface area contributed by atoms with Crippen molar-refractivity contribution in [2.24, 2.45) is 0 Å². The molecule has 17 heavy (non-hydrogen) atoms. The van der Waals surface area contributed by atoms with Crippen molar-refractivity contribution in [1.29, 1.82) is 0 Å². The molecule has 94 valence electrons. The van der Waals surface area contributed by atoms with Crippen molar-refractivity contribution in [3.8, 4) is 0 Å². The number of amides is 1. The van der Waals surface area contributed by atoms with Crippen LogP contribution in [0.5, 0.6) is 0 Å². The molecule has 0 fully saturated rings. The number of halogens is 2. The Kier molecular flexibility index (Phi) is 4.28. The van der Waals surface area contributed by atoms with Crippen LogP contribution in [-0.4, -0.2) is 16.7 Å². The van der Waals surface area contributed by atoms with E-state index < -0.39 is 17.5 Å². The topological polar surface area (TPSA) is 51.2 Å². The molecule has 1 rings (SSSR count). The van der Waals surface area contributed by atoms with Crippen LogP contribution in [0.15, 0.2) is 12.3 Å². The van der Waals surface area contributed by atoms with Gasteiger partial charge >= 0.3 is 6.09 Å². The summed E-state index contributed by atoms with van der Waals surface area (Å²) in [5, 5.41) is 2.37. The molecular formula is C11H14ClFN2O2. The lowest BCUT2D eigenvalue weighted by Gasteiger charge is -2.19. The zero-order valence-electron chi connectivity index (χ0n) is 9.88. The first kappa shape index (κ1) is 13.7. The molecule has 0 aliphatic carbocycles. The Morgan fingerprint density at radius 2 is 2.24 bits per heavy atom. The molecule has 0 spiro atoms. The monoisotopic (exact) mass is 260 g/mol. The summed E-state index contributed by atoms with van der Waals surface area (Å²) in [6.45, 7) is 5.15. The van der Waals surface area contributed by atoms with Gasteiger partial charge in [0, 0.05) is 6.20 Å². The van der Waals surface area contributed by atoms with Crippen LogP contribution >= 0.6 is 11.6 Å². The summed E-state index contributed by atoms with van der Waals surface area (Å²) in [5.74, 6) is -0.634. The standard InChI is InChI=1S/C11H14ClFN2O2/c1-11(2,3)17-10(16)15-6-8-9(13)7(12)4-5-14-8/h4-5H,6H2,1-3H3,(H,15,16). The van der Waals surface area contributed by atoms with E-state index in [1.165, 1.54) is 12.3 Å². The molecule has 1 N–H and O–H groups in total. The molecule has 0 bridgehead atoms. The minimum absolute atomic E-state index is 0.0269. The number of nitrogens with zero attached hydrogens (tertiary/aromatic N) is 1. The van der Waals surface area contributed by atoms with Crippen molar-refractivity contribution in [2.45, 2.75) is 32.9 Å². The molecule has 0 radical (unpaired) electrons. The maximum Gasteiger partial charge on any atom is 0.407 e. The first-order valence-corrected chi connectivity index (χ1v) is 5.43. The number of hydrogen-bond acceptors (Lipinski definition) is 3. The highest BCUT2D eigenvalue weighted by Crippen LogP contribution is 2.15. The molecule has 0 aliphatic heterocycles. The molecular weight excluding hydrogens is 247 g/mol. The average molecular weight is 261 g/mol. The lowest BCUT2D eigenvalue weighted by molar-refractivity contribution is 0.0522. The van der Waals surface area contributed by atoms with Crippen molar-refractivity contribution in [3.63, 3.8) is 0 Å². The minimum Gasteiger partial charge on any atom is -0.444 e. The second-order valence-corrected chi connectivity index (χ2v) is 4.82. The van der Waals surface area contributed by atoms with Crippen LogP contribution < -0.4 is 5.32 Å². The number of carbonyl (C=O) groups is 1. The minimum atomic E-state index is -0.634. The number of hydrogen-bond donors (Lipinski definition) is 1. The third-order valence-corrected chi connectivity index (χ3v) is 2.01. The van der Waals surface area contributed by atoms with E-state index >= 15 is 0 Å². The van der Waals surface area contributed by atoms with Crippen LogP contribution in [0, 0.1) is 5.82 Å². The van der Waals surface area contributed by atoms with Gasteiger partial charge in [-0.3, -0.25) is 4.98 Å². The van der Waals surface area contributed by atoms with Gasteiger partial charge in [0.05, 0.1) is 17.3 Å². The molecule has 0 saturated carbocycles. The fraction of sp³-hybridized carbons (Fsp3) is 0.455. The third-order valence-electron chi connectivity index (χ3n) is 1.71. The lowest BCUT2D eigenvalue weighted by atomic mass is 10.2. The van der Waals surface area contributed by atoms with Gasteiger partial charge in [-0.2, -0.15) is 0 Å². The van der Waals surface area contributed by atoms with E-state index in [9.17, 15) is 9.18 Å². The summed E-state index contributed by atoms with van der Waals surface area (Å²) in [6, 6.07) is 1.34. The van der Waals surface area contributed by atoms with Gasteiger partial charge in [0.15, 0.2) is 5.82 Å². The smallest absolute Gasteiger partial charge is 0.407 e. The Morgan fingerprint density at radius 3 is 2.82 bits per heavy atom. The molecule has 0 aromatic carbocycles. The summed E-state index contributed by atoms with van der Waals surface area (Å²) in [6.07, 6.45) is 0.746. The summed E-state index contributed by atoms with van der Waals surface area (Å²) < 4.78 is 18.4. The normalized spacial score (nSPS) is 11.1. The van der Waals surface area contributed by atoms with E-state index in [0.717, 1.165) is 0 Å². The Bertz CT molecular complexity index is 418. The van der Waals surface area contributed by atoms with Crippen LogP contribution in [0.25, 0.3) is 0 Å². The highest BCUT2D eigenvalue weighted by atomic mass is 35.5. The second kappa shape index (κ2) is 5.31. The molecule has 1 aromatic rings. The number of pyridine rings is 1. The van der Waals surface area contributed by atoms with E-state index in [2.05, 4.69) is 10.3 Å². The molecule has 0 unspecified atom stereocenters. The van der Waals surface area contributed by atoms with E-state index in [0.29, 0.717) is 0 Å². The predicted molar refractivity (Wildman–Crippen MR) is 62.3 cm³/mol. The first-order valence-electron chi connectivity index (χ1n) is 5.05. The van der Waals surface area contributed by atoms with Crippen molar-refractivity contribution >= 4 is 17.7 Å². The second-order valence-electron chi connectivity index (χ2n) is 4.41. The number of alkyl carbamates (subject to hydrolysis) is 1. The summed E-state index contributed by atoms with van der Waals surface area (Å²) in [4.78, 5) is 15.1. The van der Waals surface area contributed by atoms with E-state index in [-0.39, 0.29) is 17.3 Å². The molecule has 1 heterocycles. The zero-order chi connectivity index (χ0) is 13.1. The Morgan fingerprint density at radius 1 is 1.59 bits per heavy atom. The van der Waals surface area contributed by atoms with Gasteiger partial charge in [-0.1, -0.05) is 11.6 Å². The maximum absolute atomic E-state index is 13.4. The van der Waals surface area contributed by atoms with Gasteiger partial charge in [0.25, 0.3) is 0 Å². The predicted octanol–water partition coefficient (Wildman–Crippen LogP) is 2.90. The van der Waals surface area contributed by atoms with Gasteiger partial charge < -0.3 is 10.1 Å². The van der Waals surface area contributed by atoms with E-state index in [4.69, 9.17) is 16.3 Å². The summed E-state index contributed by atoms with van der Waals surface area (Å²) in [7, 11) is 0. The number of nitrogens with one attached hydrogen (secondary N) is 1. The SMILES string of the molecule is CC(C)(C)OC(=O)NCc1nccc(Cl)c1F. The molecule has 6 heteroatoms. The van der Waals surface area contributed by atoms with Crippen molar-refractivity contribution in [1.82, 2.24) is 10.3 Å². The first-order chi connectivity index (χ1) is 7.79. The number of rotatable bonds is 2. The van der Waals surface area contributed by atoms with E-state index in [1.54, 1.807) is 20.8 Å². The van der Waals surface area contributed by atoms with Crippen molar-refractivity contribution < 1.29 is 13.9 Å². The van der Waals surface area contributed by atoms with Gasteiger partial charge in [-0.25, -0.2) is 9.18 Å². The van der Waals surface area contributed by atoms with Gasteiger partial charge in [0.2, 0.25) is 0 Å². The Balaban J connectivity index is 2.56. The largest absolute Gasteiger partial charge is 0.444 e. The molecule has 0 atom stereocenters. The molecule has 0 saturated heterocycles. The molecule has 4 nitrogen and oxygen atoms in total. The van der Waals surface area contributed by atoms with Crippen LogP contribution in [0.4, 0.5) is 9.18 Å². The van der Waals surface area contributed by atoms with E-state index in [1.807, 2.05) is 0 Å². The number of carbonyl (C=O) groups excluding carboxylic acids is 1. The number of ether oxygens (including phenoxy) is 1. The highest BCUT2D eigenvalue weighted by Gasteiger charge is 2.16. The van der Waals surface area contributed by atoms with Crippen LogP contribution in [0.2, 0.25) is 5.02 Å². The quantitative estimate of drug-likeness (QED) is 0.890. The maximum atomic E-state index is 13.4. The van der Waals surface area contributed by atoms with Crippen LogP contribution in [0.3, 0.4) is 0 Å². The average Bonchev–Trinajstić information content (AvgIpc) is 2.18. The third kappa shape index (κ3) is 4.56. The molecule has 1 amide bonds. The van der Waals surface area contributed by atoms with Gasteiger partial charge in [-0.15, -0.1) is 0 Å². The fourth-order valence-corrected chi connectivity index (χ4v) is 1.22. The van der Waals surface area contributed by atoms with Crippen molar-refractivity contribution in [3.05, 3.63) is 28.8 Å². The lowest BCUT2D eigenvalue weighted by Crippen LogP contribution is -2.32. The highest BCUT2D eigenvalue weighted by molar-refractivity contribution is 6.30. The number of aromatic nitrogens is 1. The van der Waals surface area contributed by atoms with Gasteiger partial charge in [0.1, 0.15) is 5.60 Å². The summed E-state index contributed by atoms with van der Waals surface area (Å²) >= 11 is 5.58. The Hall–Kier alpha value is -1.36. The Labute approximate surface area is 104 Å². The van der Waals surface area contributed by atoms with Gasteiger partial charge in [-0.05, 0) is 26.8 Å². The van der Waals surface area contributed by atoms with Crippen molar-refractivity contribution in [2.75, 3.05) is 0 Å². The van der Waals surface area contributed by atoms with Crippen LogP contribution in [-0.2, 0) is 11.3 Å². The zero-order valence-corrected chi connectivity index (χ0v) is 10.6.